The van der Waals surface area contributed by atoms with E-state index in [1.807, 2.05) is 29.2 Å². The van der Waals surface area contributed by atoms with Gasteiger partial charge in [-0.05, 0) is 74.7 Å². The largest absolute Gasteiger partial charge is 0.368 e. The number of rotatable bonds is 5. The van der Waals surface area contributed by atoms with Crippen molar-refractivity contribution in [3.05, 3.63) is 64.2 Å². The monoisotopic (exact) mass is 440 g/mol. The quantitative estimate of drug-likeness (QED) is 0.776. The van der Waals surface area contributed by atoms with Crippen molar-refractivity contribution in [1.29, 1.82) is 0 Å². The molecule has 0 bridgehead atoms. The third-order valence-electron chi connectivity index (χ3n) is 6.78. The lowest BCUT2D eigenvalue weighted by atomic mass is 9.86. The van der Waals surface area contributed by atoms with Crippen LogP contribution in [-0.4, -0.2) is 68.1 Å². The minimum Gasteiger partial charge on any atom is -0.368 e. The number of likely N-dealkylation sites (N-methyl/N-ethyl adjacent to an activating group) is 1. The fraction of sp³-hybridized carbons (Fsp3) is 0.480. The standard InChI is InChI=1S/C25H33ClN4O/c1-28(2)21-11-8-19-4-3-5-24(22(19)17-21)29-12-14-30(15-13-29)25(31)23(27)16-18-6-9-20(26)10-7-18/h3-7,9-10,21,23H,8,11-17,27H2,1-2H3. The van der Waals surface area contributed by atoms with Crippen LogP contribution in [0, 0.1) is 0 Å². The third-order valence-corrected chi connectivity index (χ3v) is 7.04. The molecule has 0 radical (unpaired) electrons. The molecule has 0 spiro atoms. The Bertz CT molecular complexity index is 906. The first kappa shape index (κ1) is 22.1. The van der Waals surface area contributed by atoms with Gasteiger partial charge in [-0.15, -0.1) is 0 Å². The molecule has 2 aromatic carbocycles. The van der Waals surface area contributed by atoms with Gasteiger partial charge in [-0.25, -0.2) is 0 Å². The zero-order chi connectivity index (χ0) is 22.0. The number of benzene rings is 2. The van der Waals surface area contributed by atoms with E-state index in [1.165, 1.54) is 23.2 Å². The maximum absolute atomic E-state index is 12.9. The number of nitrogens with zero attached hydrogens (tertiary/aromatic N) is 3. The number of amides is 1. The van der Waals surface area contributed by atoms with Crippen LogP contribution in [-0.2, 0) is 24.1 Å². The number of halogens is 1. The molecule has 1 aliphatic carbocycles. The maximum atomic E-state index is 12.9. The predicted octanol–water partition coefficient (Wildman–Crippen LogP) is 2.98. The van der Waals surface area contributed by atoms with Gasteiger partial charge >= 0.3 is 0 Å². The van der Waals surface area contributed by atoms with E-state index < -0.39 is 6.04 Å². The summed E-state index contributed by atoms with van der Waals surface area (Å²) >= 11 is 5.95. The van der Waals surface area contributed by atoms with Crippen LogP contribution in [0.5, 0.6) is 0 Å². The topological polar surface area (TPSA) is 52.8 Å². The summed E-state index contributed by atoms with van der Waals surface area (Å²) in [4.78, 5) is 19.6. The number of carbonyl (C=O) groups is 1. The first-order chi connectivity index (χ1) is 14.9. The summed E-state index contributed by atoms with van der Waals surface area (Å²) in [7, 11) is 4.35. The molecule has 2 aromatic rings. The number of aryl methyl sites for hydroxylation is 1. The first-order valence-corrected chi connectivity index (χ1v) is 11.6. The van der Waals surface area contributed by atoms with Gasteiger partial charge in [0.05, 0.1) is 6.04 Å². The average Bonchev–Trinajstić information content (AvgIpc) is 2.79. The molecular weight excluding hydrogens is 408 g/mol. The SMILES string of the molecule is CN(C)C1CCc2cccc(N3CCN(C(=O)C(N)Cc4ccc(Cl)cc4)CC3)c2C1. The summed E-state index contributed by atoms with van der Waals surface area (Å²) in [5, 5.41) is 0.694. The van der Waals surface area contributed by atoms with Crippen molar-refractivity contribution >= 4 is 23.2 Å². The molecule has 1 fully saturated rings. The van der Waals surface area contributed by atoms with Gasteiger partial charge in [0.1, 0.15) is 0 Å². The van der Waals surface area contributed by atoms with Gasteiger partial charge in [0.25, 0.3) is 0 Å². The fourth-order valence-electron chi connectivity index (χ4n) is 4.85. The first-order valence-electron chi connectivity index (χ1n) is 11.2. The van der Waals surface area contributed by atoms with Crippen molar-refractivity contribution < 1.29 is 4.79 Å². The Labute approximate surface area is 190 Å². The molecule has 2 aliphatic rings. The molecule has 2 N–H and O–H groups in total. The third kappa shape index (κ3) is 5.05. The van der Waals surface area contributed by atoms with Gasteiger partial charge in [-0.2, -0.15) is 0 Å². The molecule has 2 unspecified atom stereocenters. The molecule has 5 nitrogen and oxygen atoms in total. The Balaban J connectivity index is 1.38. The Kier molecular flexibility index (Phi) is 6.85. The minimum absolute atomic E-state index is 0.0392. The van der Waals surface area contributed by atoms with Gasteiger partial charge in [0.2, 0.25) is 5.91 Å². The van der Waals surface area contributed by atoms with Crippen molar-refractivity contribution in [2.24, 2.45) is 5.73 Å². The van der Waals surface area contributed by atoms with Crippen LogP contribution in [0.2, 0.25) is 5.02 Å². The zero-order valence-electron chi connectivity index (χ0n) is 18.6. The second-order valence-electron chi connectivity index (χ2n) is 9.02. The van der Waals surface area contributed by atoms with E-state index in [0.717, 1.165) is 31.5 Å². The van der Waals surface area contributed by atoms with Crippen molar-refractivity contribution in [3.8, 4) is 0 Å². The highest BCUT2D eigenvalue weighted by atomic mass is 35.5. The molecule has 166 valence electrons. The maximum Gasteiger partial charge on any atom is 0.239 e. The Hall–Kier alpha value is -2.08. The van der Waals surface area contributed by atoms with E-state index in [9.17, 15) is 4.79 Å². The van der Waals surface area contributed by atoms with E-state index in [0.29, 0.717) is 30.6 Å². The van der Waals surface area contributed by atoms with Crippen LogP contribution in [0.25, 0.3) is 0 Å². The summed E-state index contributed by atoms with van der Waals surface area (Å²) in [5.74, 6) is 0.0392. The van der Waals surface area contributed by atoms with E-state index in [1.54, 1.807) is 0 Å². The lowest BCUT2D eigenvalue weighted by Gasteiger charge is -2.39. The van der Waals surface area contributed by atoms with E-state index >= 15 is 0 Å². The average molecular weight is 441 g/mol. The van der Waals surface area contributed by atoms with Gasteiger partial charge in [-0.3, -0.25) is 4.79 Å². The van der Waals surface area contributed by atoms with Crippen LogP contribution in [0.15, 0.2) is 42.5 Å². The number of anilines is 1. The lowest BCUT2D eigenvalue weighted by Crippen LogP contribution is -2.54. The molecule has 4 rings (SSSR count). The van der Waals surface area contributed by atoms with Crippen LogP contribution >= 0.6 is 11.6 Å². The summed E-state index contributed by atoms with van der Waals surface area (Å²) in [5.41, 5.74) is 11.6. The molecule has 0 aromatic heterocycles. The van der Waals surface area contributed by atoms with Crippen molar-refractivity contribution in [3.63, 3.8) is 0 Å². The molecule has 31 heavy (non-hydrogen) atoms. The second-order valence-corrected chi connectivity index (χ2v) is 9.46. The number of fused-ring (bicyclic) bond motifs is 1. The van der Waals surface area contributed by atoms with Crippen molar-refractivity contribution in [2.45, 2.75) is 37.8 Å². The minimum atomic E-state index is -0.516. The van der Waals surface area contributed by atoms with Crippen molar-refractivity contribution in [1.82, 2.24) is 9.80 Å². The van der Waals surface area contributed by atoms with Crippen LogP contribution in [0.1, 0.15) is 23.1 Å². The second kappa shape index (κ2) is 9.60. The summed E-state index contributed by atoms with van der Waals surface area (Å²) < 4.78 is 0. The molecule has 6 heteroatoms. The van der Waals surface area contributed by atoms with Crippen molar-refractivity contribution in [2.75, 3.05) is 45.2 Å². The normalized spacial score (nSPS) is 20.0. The molecule has 1 saturated heterocycles. The highest BCUT2D eigenvalue weighted by molar-refractivity contribution is 6.30. The molecule has 1 heterocycles. The molecular formula is C25H33ClN4O. The highest BCUT2D eigenvalue weighted by Crippen LogP contribution is 2.32. The van der Waals surface area contributed by atoms with Gasteiger partial charge < -0.3 is 20.4 Å². The van der Waals surface area contributed by atoms with Crippen LogP contribution < -0.4 is 10.6 Å². The predicted molar refractivity (Wildman–Crippen MR) is 128 cm³/mol. The molecule has 1 aliphatic heterocycles. The summed E-state index contributed by atoms with van der Waals surface area (Å²) in [6.45, 7) is 3.13. The van der Waals surface area contributed by atoms with E-state index in [4.69, 9.17) is 17.3 Å². The smallest absolute Gasteiger partial charge is 0.239 e. The number of piperazine rings is 1. The van der Waals surface area contributed by atoms with Crippen LogP contribution in [0.3, 0.4) is 0 Å². The van der Waals surface area contributed by atoms with Crippen LogP contribution in [0.4, 0.5) is 5.69 Å². The number of hydrogen-bond donors (Lipinski definition) is 1. The summed E-state index contributed by atoms with van der Waals surface area (Å²) in [6, 6.07) is 14.4. The number of hydrogen-bond acceptors (Lipinski definition) is 4. The molecule has 2 atom stereocenters. The van der Waals surface area contributed by atoms with E-state index in [2.05, 4.69) is 42.1 Å². The Morgan fingerprint density at radius 1 is 1.13 bits per heavy atom. The van der Waals surface area contributed by atoms with Gasteiger partial charge in [0.15, 0.2) is 0 Å². The van der Waals surface area contributed by atoms with Gasteiger partial charge in [0, 0.05) is 42.9 Å². The number of carbonyl (C=O) groups excluding carboxylic acids is 1. The molecule has 1 amide bonds. The Morgan fingerprint density at radius 2 is 1.84 bits per heavy atom. The number of nitrogens with two attached hydrogens (primary N) is 1. The highest BCUT2D eigenvalue weighted by Gasteiger charge is 2.28. The van der Waals surface area contributed by atoms with E-state index in [-0.39, 0.29) is 5.91 Å². The van der Waals surface area contributed by atoms with Gasteiger partial charge in [-0.1, -0.05) is 35.9 Å². The molecule has 0 saturated carbocycles. The Morgan fingerprint density at radius 3 is 2.52 bits per heavy atom. The zero-order valence-corrected chi connectivity index (χ0v) is 19.3. The summed E-state index contributed by atoms with van der Waals surface area (Å²) in [6.07, 6.45) is 4.00. The lowest BCUT2D eigenvalue weighted by molar-refractivity contribution is -0.132. The fourth-order valence-corrected chi connectivity index (χ4v) is 4.98.